The molecule has 0 unspecified atom stereocenters. The van der Waals surface area contributed by atoms with Gasteiger partial charge in [-0.15, -0.1) is 10.2 Å². The van der Waals surface area contributed by atoms with Crippen molar-refractivity contribution in [3.8, 4) is 0 Å². The van der Waals surface area contributed by atoms with Gasteiger partial charge in [-0.1, -0.05) is 11.8 Å². The summed E-state index contributed by atoms with van der Waals surface area (Å²) in [7, 11) is 0. The van der Waals surface area contributed by atoms with Crippen molar-refractivity contribution in [2.45, 2.75) is 82.9 Å². The molecule has 0 saturated carbocycles. The molecule has 1 aliphatic heterocycles. The maximum atomic E-state index is 13.1. The van der Waals surface area contributed by atoms with Crippen LogP contribution in [-0.2, 0) is 11.3 Å². The summed E-state index contributed by atoms with van der Waals surface area (Å²) in [6, 6.07) is 4.18. The van der Waals surface area contributed by atoms with E-state index in [1.165, 1.54) is 31.0 Å². The Morgan fingerprint density at radius 2 is 1.83 bits per heavy atom. The molecule has 160 valence electrons. The SMILES string of the molecule is CC(C)N(C(=O)[C@@H](C)Sc1nnc(N2CCCCC2)n1Cc1ccco1)C(C)C. The number of anilines is 1. The molecule has 29 heavy (non-hydrogen) atoms. The van der Waals surface area contributed by atoms with Crippen LogP contribution in [0.1, 0.15) is 59.6 Å². The molecule has 1 saturated heterocycles. The zero-order chi connectivity index (χ0) is 21.0. The summed E-state index contributed by atoms with van der Waals surface area (Å²) in [5.41, 5.74) is 0. The Morgan fingerprint density at radius 3 is 2.41 bits per heavy atom. The number of aromatic nitrogens is 3. The molecule has 7 nitrogen and oxygen atoms in total. The monoisotopic (exact) mass is 419 g/mol. The van der Waals surface area contributed by atoms with Gasteiger partial charge in [0.2, 0.25) is 11.9 Å². The molecule has 3 rings (SSSR count). The van der Waals surface area contributed by atoms with Crippen molar-refractivity contribution in [3.05, 3.63) is 24.2 Å². The van der Waals surface area contributed by atoms with Gasteiger partial charge in [0.25, 0.3) is 0 Å². The molecule has 3 heterocycles. The fourth-order valence-electron chi connectivity index (χ4n) is 3.92. The van der Waals surface area contributed by atoms with Crippen LogP contribution >= 0.6 is 11.8 Å². The molecule has 1 fully saturated rings. The first kappa shape index (κ1) is 21.7. The smallest absolute Gasteiger partial charge is 0.236 e. The minimum atomic E-state index is -0.242. The fraction of sp³-hybridized carbons (Fsp3) is 0.667. The molecule has 2 aromatic rings. The van der Waals surface area contributed by atoms with E-state index in [1.54, 1.807) is 6.26 Å². The topological polar surface area (TPSA) is 67.4 Å². The van der Waals surface area contributed by atoms with Gasteiger partial charge in [0.05, 0.1) is 18.1 Å². The standard InChI is InChI=1S/C21H33N5O2S/c1-15(2)26(16(3)4)19(27)17(5)29-21-23-22-20(24-11-7-6-8-12-24)25(21)14-18-10-9-13-28-18/h9-10,13,15-17H,6-8,11-12,14H2,1-5H3/t17-/m1/s1. The van der Waals surface area contributed by atoms with Crippen molar-refractivity contribution in [2.75, 3.05) is 18.0 Å². The number of carbonyl (C=O) groups is 1. The van der Waals surface area contributed by atoms with Gasteiger partial charge in [-0.3, -0.25) is 9.36 Å². The van der Waals surface area contributed by atoms with Crippen molar-refractivity contribution < 1.29 is 9.21 Å². The highest BCUT2D eigenvalue weighted by atomic mass is 32.2. The number of nitrogens with zero attached hydrogens (tertiary/aromatic N) is 5. The molecule has 1 aliphatic rings. The molecule has 0 radical (unpaired) electrons. The zero-order valence-corrected chi connectivity index (χ0v) is 19.0. The Bertz CT molecular complexity index is 773. The molecule has 2 aromatic heterocycles. The van der Waals surface area contributed by atoms with E-state index >= 15 is 0 Å². The Morgan fingerprint density at radius 1 is 1.14 bits per heavy atom. The predicted molar refractivity (Wildman–Crippen MR) is 116 cm³/mol. The average Bonchev–Trinajstić information content (AvgIpc) is 3.33. The molecule has 8 heteroatoms. The second-order valence-electron chi connectivity index (χ2n) is 8.19. The number of rotatable bonds is 8. The summed E-state index contributed by atoms with van der Waals surface area (Å²) < 4.78 is 7.67. The summed E-state index contributed by atoms with van der Waals surface area (Å²) in [5.74, 6) is 1.86. The Hall–Kier alpha value is -1.96. The third-order valence-corrected chi connectivity index (χ3v) is 6.30. The highest BCUT2D eigenvalue weighted by Gasteiger charge is 2.29. The Balaban J connectivity index is 1.84. The molecule has 1 atom stereocenters. The third kappa shape index (κ3) is 5.15. The van der Waals surface area contributed by atoms with Crippen LogP contribution in [-0.4, -0.2) is 56.0 Å². The molecule has 0 N–H and O–H groups in total. The highest BCUT2D eigenvalue weighted by molar-refractivity contribution is 8.00. The molecule has 0 spiro atoms. The first-order chi connectivity index (χ1) is 13.9. The zero-order valence-electron chi connectivity index (χ0n) is 18.2. The van der Waals surface area contributed by atoms with Gasteiger partial charge in [-0.25, -0.2) is 0 Å². The minimum absolute atomic E-state index is 0.132. The lowest BCUT2D eigenvalue weighted by atomic mass is 10.1. The van der Waals surface area contributed by atoms with E-state index in [0.717, 1.165) is 30.0 Å². The van der Waals surface area contributed by atoms with Crippen LogP contribution in [0.4, 0.5) is 5.95 Å². The molecule has 1 amide bonds. The second-order valence-corrected chi connectivity index (χ2v) is 9.50. The van der Waals surface area contributed by atoms with E-state index in [-0.39, 0.29) is 23.2 Å². The maximum absolute atomic E-state index is 13.1. The number of thioether (sulfide) groups is 1. The fourth-order valence-corrected chi connectivity index (χ4v) is 4.82. The molecule has 0 bridgehead atoms. The summed E-state index contributed by atoms with van der Waals surface area (Å²) in [4.78, 5) is 17.3. The molecular formula is C21H33N5O2S. The number of hydrogen-bond acceptors (Lipinski definition) is 6. The minimum Gasteiger partial charge on any atom is -0.467 e. The lowest BCUT2D eigenvalue weighted by molar-refractivity contribution is -0.133. The molecule has 0 aromatic carbocycles. The van der Waals surface area contributed by atoms with Gasteiger partial charge >= 0.3 is 0 Å². The van der Waals surface area contributed by atoms with Crippen LogP contribution in [0.15, 0.2) is 28.0 Å². The largest absolute Gasteiger partial charge is 0.467 e. The summed E-state index contributed by atoms with van der Waals surface area (Å²) in [5, 5.41) is 9.48. The summed E-state index contributed by atoms with van der Waals surface area (Å²) in [6.07, 6.45) is 5.28. The first-order valence-corrected chi connectivity index (χ1v) is 11.5. The lowest BCUT2D eigenvalue weighted by Gasteiger charge is -2.32. The van der Waals surface area contributed by atoms with Gasteiger partial charge in [-0.2, -0.15) is 0 Å². The van der Waals surface area contributed by atoms with Gasteiger partial charge in [0.15, 0.2) is 5.16 Å². The predicted octanol–water partition coefficient (Wildman–Crippen LogP) is 4.04. The van der Waals surface area contributed by atoms with E-state index in [9.17, 15) is 4.79 Å². The quantitative estimate of drug-likeness (QED) is 0.602. The van der Waals surface area contributed by atoms with Crippen molar-refractivity contribution >= 4 is 23.6 Å². The van der Waals surface area contributed by atoms with Crippen molar-refractivity contribution in [1.82, 2.24) is 19.7 Å². The second kappa shape index (κ2) is 9.69. The third-order valence-electron chi connectivity index (χ3n) is 5.23. The van der Waals surface area contributed by atoms with Crippen LogP contribution < -0.4 is 4.90 Å². The van der Waals surface area contributed by atoms with E-state index in [1.807, 2.05) is 24.0 Å². The maximum Gasteiger partial charge on any atom is 0.236 e. The van der Waals surface area contributed by atoms with E-state index in [2.05, 4.69) is 47.4 Å². The number of furan rings is 1. The van der Waals surface area contributed by atoms with Gasteiger partial charge in [0.1, 0.15) is 5.76 Å². The van der Waals surface area contributed by atoms with E-state index in [4.69, 9.17) is 4.42 Å². The normalized spacial score (nSPS) is 15.9. The number of amides is 1. The van der Waals surface area contributed by atoms with Gasteiger partial charge in [-0.05, 0) is 66.0 Å². The van der Waals surface area contributed by atoms with Crippen LogP contribution in [0.2, 0.25) is 0 Å². The lowest BCUT2D eigenvalue weighted by Crippen LogP contribution is -2.45. The van der Waals surface area contributed by atoms with Crippen LogP contribution in [0.25, 0.3) is 0 Å². The van der Waals surface area contributed by atoms with Crippen molar-refractivity contribution in [2.24, 2.45) is 0 Å². The molecular weight excluding hydrogens is 386 g/mol. The van der Waals surface area contributed by atoms with E-state index < -0.39 is 0 Å². The number of piperidine rings is 1. The van der Waals surface area contributed by atoms with Gasteiger partial charge in [0, 0.05) is 25.2 Å². The number of carbonyl (C=O) groups excluding carboxylic acids is 1. The summed E-state index contributed by atoms with van der Waals surface area (Å²) >= 11 is 1.48. The van der Waals surface area contributed by atoms with Crippen LogP contribution in [0, 0.1) is 0 Å². The number of hydrogen-bond donors (Lipinski definition) is 0. The van der Waals surface area contributed by atoms with E-state index in [0.29, 0.717) is 6.54 Å². The van der Waals surface area contributed by atoms with Crippen LogP contribution in [0.3, 0.4) is 0 Å². The highest BCUT2D eigenvalue weighted by Crippen LogP contribution is 2.29. The van der Waals surface area contributed by atoms with Crippen molar-refractivity contribution in [3.63, 3.8) is 0 Å². The van der Waals surface area contributed by atoms with Gasteiger partial charge < -0.3 is 14.2 Å². The Kier molecular flexibility index (Phi) is 7.27. The van der Waals surface area contributed by atoms with Crippen LogP contribution in [0.5, 0.6) is 0 Å². The molecule has 0 aliphatic carbocycles. The first-order valence-electron chi connectivity index (χ1n) is 10.6. The van der Waals surface area contributed by atoms with Crippen molar-refractivity contribution in [1.29, 1.82) is 0 Å². The summed E-state index contributed by atoms with van der Waals surface area (Å²) in [6.45, 7) is 12.7. The average molecular weight is 420 g/mol. The Labute approximate surface area is 177 Å².